The van der Waals surface area contributed by atoms with Crippen LogP contribution in [0.25, 0.3) is 0 Å². The maximum atomic E-state index is 13.9. The van der Waals surface area contributed by atoms with Crippen LogP contribution in [0.3, 0.4) is 0 Å². The van der Waals surface area contributed by atoms with Gasteiger partial charge in [-0.1, -0.05) is 13.3 Å². The number of rotatable bonds is 9. The van der Waals surface area contributed by atoms with Gasteiger partial charge in [-0.3, -0.25) is 0 Å². The van der Waals surface area contributed by atoms with E-state index in [1.54, 1.807) is 6.92 Å². The van der Waals surface area contributed by atoms with Gasteiger partial charge in [-0.05, 0) is 50.3 Å². The lowest BCUT2D eigenvalue weighted by Gasteiger charge is -2.22. The number of ether oxygens (including phenoxy) is 3. The monoisotopic (exact) mass is 340 g/mol. The molecule has 0 bridgehead atoms. The van der Waals surface area contributed by atoms with Crippen molar-refractivity contribution in [2.75, 3.05) is 19.8 Å². The molecule has 2 rings (SSSR count). The summed E-state index contributed by atoms with van der Waals surface area (Å²) in [6, 6.07) is 2.78. The van der Waals surface area contributed by atoms with Gasteiger partial charge in [0.15, 0.2) is 11.5 Å². The van der Waals surface area contributed by atoms with Crippen molar-refractivity contribution in [3.8, 4) is 11.5 Å². The van der Waals surface area contributed by atoms with Crippen molar-refractivity contribution >= 4 is 0 Å². The van der Waals surface area contributed by atoms with E-state index in [0.717, 1.165) is 25.2 Å². The Morgan fingerprint density at radius 3 is 2.42 bits per heavy atom. The average Bonchev–Trinajstić information content (AvgIpc) is 2.59. The number of hydrogen-bond donors (Lipinski definition) is 0. The Labute approximate surface area is 142 Å². The third kappa shape index (κ3) is 5.11. The van der Waals surface area contributed by atoms with E-state index < -0.39 is 11.6 Å². The Morgan fingerprint density at radius 2 is 1.83 bits per heavy atom. The topological polar surface area (TPSA) is 27.7 Å². The van der Waals surface area contributed by atoms with Crippen LogP contribution in [0.4, 0.5) is 8.78 Å². The van der Waals surface area contributed by atoms with Gasteiger partial charge in [-0.2, -0.15) is 8.78 Å². The maximum absolute atomic E-state index is 13.9. The summed E-state index contributed by atoms with van der Waals surface area (Å²) in [4.78, 5) is 0. The molecule has 3 nitrogen and oxygen atoms in total. The van der Waals surface area contributed by atoms with Gasteiger partial charge < -0.3 is 14.2 Å². The van der Waals surface area contributed by atoms with Gasteiger partial charge in [-0.25, -0.2) is 0 Å². The van der Waals surface area contributed by atoms with E-state index in [2.05, 4.69) is 13.0 Å². The highest BCUT2D eigenvalue weighted by atomic mass is 19.2. The van der Waals surface area contributed by atoms with Crippen LogP contribution in [0.5, 0.6) is 11.5 Å². The van der Waals surface area contributed by atoms with Crippen molar-refractivity contribution in [2.24, 2.45) is 5.92 Å². The van der Waals surface area contributed by atoms with Crippen LogP contribution in [0.15, 0.2) is 24.0 Å². The number of benzene rings is 1. The van der Waals surface area contributed by atoms with Crippen LogP contribution in [0.1, 0.15) is 46.0 Å². The molecule has 1 aliphatic heterocycles. The van der Waals surface area contributed by atoms with Gasteiger partial charge in [0.25, 0.3) is 0 Å². The zero-order valence-corrected chi connectivity index (χ0v) is 14.4. The molecule has 5 heteroatoms. The van der Waals surface area contributed by atoms with Gasteiger partial charge in [0.2, 0.25) is 11.6 Å². The van der Waals surface area contributed by atoms with Crippen molar-refractivity contribution < 1.29 is 23.0 Å². The lowest BCUT2D eigenvalue weighted by Crippen LogP contribution is -2.14. The summed E-state index contributed by atoms with van der Waals surface area (Å²) >= 11 is 0. The van der Waals surface area contributed by atoms with Crippen LogP contribution in [0.2, 0.25) is 0 Å². The van der Waals surface area contributed by atoms with Crippen molar-refractivity contribution in [3.05, 3.63) is 35.6 Å². The van der Waals surface area contributed by atoms with Crippen LogP contribution >= 0.6 is 0 Å². The Morgan fingerprint density at radius 1 is 1.12 bits per heavy atom. The van der Waals surface area contributed by atoms with Crippen LogP contribution in [-0.2, 0) is 4.74 Å². The Kier molecular flexibility index (Phi) is 7.35. The molecule has 1 heterocycles. The molecule has 1 aromatic carbocycles. The minimum Gasteiger partial charge on any atom is -0.498 e. The summed E-state index contributed by atoms with van der Waals surface area (Å²) in [5.41, 5.74) is 0. The standard InChI is InChI=1S/C19H26F2O3/c1-3-6-14-8-9-15(24-13-14)7-5-12-23-17-11-10-16(22-4-2)18(20)19(17)21/h9-11,14H,3-8,12-13H2,1-2H3. The Balaban J connectivity index is 1.76. The number of hydrogen-bond acceptors (Lipinski definition) is 3. The van der Waals surface area contributed by atoms with Gasteiger partial charge in [0.1, 0.15) is 0 Å². The fourth-order valence-corrected chi connectivity index (χ4v) is 2.75. The van der Waals surface area contributed by atoms with E-state index in [0.29, 0.717) is 18.9 Å². The SMILES string of the molecule is CCCC1CC=C(CCCOc2ccc(OCC)c(F)c2F)OC1. The fourth-order valence-electron chi connectivity index (χ4n) is 2.75. The van der Waals surface area contributed by atoms with Crippen molar-refractivity contribution in [1.82, 2.24) is 0 Å². The van der Waals surface area contributed by atoms with E-state index in [-0.39, 0.29) is 18.1 Å². The molecular formula is C19H26F2O3. The second-order valence-corrected chi connectivity index (χ2v) is 5.95. The lowest BCUT2D eigenvalue weighted by molar-refractivity contribution is 0.130. The number of halogens is 2. The van der Waals surface area contributed by atoms with E-state index >= 15 is 0 Å². The summed E-state index contributed by atoms with van der Waals surface area (Å²) in [7, 11) is 0. The van der Waals surface area contributed by atoms with Crippen molar-refractivity contribution in [1.29, 1.82) is 0 Å². The quantitative estimate of drug-likeness (QED) is 0.575. The number of allylic oxidation sites excluding steroid dienone is 2. The molecule has 0 N–H and O–H groups in total. The molecule has 1 aliphatic rings. The highest BCUT2D eigenvalue weighted by Gasteiger charge is 2.16. The zero-order chi connectivity index (χ0) is 17.4. The normalized spacial score (nSPS) is 17.2. The first kappa shape index (κ1) is 18.6. The Bertz CT molecular complexity index is 558. The summed E-state index contributed by atoms with van der Waals surface area (Å²) in [5.74, 6) is -0.589. The molecular weight excluding hydrogens is 314 g/mol. The third-order valence-corrected chi connectivity index (χ3v) is 4.02. The smallest absolute Gasteiger partial charge is 0.204 e. The van der Waals surface area contributed by atoms with Gasteiger partial charge in [-0.15, -0.1) is 0 Å². The first-order chi connectivity index (χ1) is 11.7. The zero-order valence-electron chi connectivity index (χ0n) is 14.4. The second-order valence-electron chi connectivity index (χ2n) is 5.95. The summed E-state index contributed by atoms with van der Waals surface area (Å²) in [6.07, 6.45) is 7.01. The fraction of sp³-hybridized carbons (Fsp3) is 0.579. The first-order valence-electron chi connectivity index (χ1n) is 8.71. The summed E-state index contributed by atoms with van der Waals surface area (Å²) in [6.45, 7) is 5.27. The van der Waals surface area contributed by atoms with Crippen LogP contribution in [-0.4, -0.2) is 19.8 Å². The highest BCUT2D eigenvalue weighted by molar-refractivity contribution is 5.35. The predicted molar refractivity (Wildman–Crippen MR) is 89.3 cm³/mol. The highest BCUT2D eigenvalue weighted by Crippen LogP contribution is 2.28. The Hall–Kier alpha value is -1.78. The summed E-state index contributed by atoms with van der Waals surface area (Å²) < 4.78 is 43.7. The van der Waals surface area contributed by atoms with E-state index in [4.69, 9.17) is 14.2 Å². The largest absolute Gasteiger partial charge is 0.498 e. The van der Waals surface area contributed by atoms with E-state index in [1.165, 1.54) is 25.0 Å². The molecule has 134 valence electrons. The van der Waals surface area contributed by atoms with Crippen molar-refractivity contribution in [2.45, 2.75) is 46.0 Å². The lowest BCUT2D eigenvalue weighted by atomic mass is 9.98. The van der Waals surface area contributed by atoms with Gasteiger partial charge in [0.05, 0.1) is 25.6 Å². The third-order valence-electron chi connectivity index (χ3n) is 4.02. The van der Waals surface area contributed by atoms with Gasteiger partial charge >= 0.3 is 0 Å². The minimum absolute atomic E-state index is 0.0856. The molecule has 0 radical (unpaired) electrons. The second kappa shape index (κ2) is 9.50. The molecule has 0 aromatic heterocycles. The summed E-state index contributed by atoms with van der Waals surface area (Å²) in [5, 5.41) is 0. The van der Waals surface area contributed by atoms with E-state index in [9.17, 15) is 8.78 Å². The van der Waals surface area contributed by atoms with Crippen molar-refractivity contribution in [3.63, 3.8) is 0 Å². The van der Waals surface area contributed by atoms with Crippen LogP contribution in [0, 0.1) is 17.6 Å². The first-order valence-corrected chi connectivity index (χ1v) is 8.71. The maximum Gasteiger partial charge on any atom is 0.204 e. The molecule has 24 heavy (non-hydrogen) atoms. The molecule has 1 atom stereocenters. The average molecular weight is 340 g/mol. The molecule has 0 aliphatic carbocycles. The molecule has 1 aromatic rings. The molecule has 0 fully saturated rings. The predicted octanol–water partition coefficient (Wildman–Crippen LogP) is 5.24. The van der Waals surface area contributed by atoms with E-state index in [1.807, 2.05) is 0 Å². The minimum atomic E-state index is -1.00. The molecule has 1 unspecified atom stereocenters. The van der Waals surface area contributed by atoms with Crippen LogP contribution < -0.4 is 9.47 Å². The molecule has 0 saturated heterocycles. The molecule has 0 saturated carbocycles. The molecule has 0 amide bonds. The van der Waals surface area contributed by atoms with Gasteiger partial charge in [0, 0.05) is 6.42 Å². The molecule has 0 spiro atoms.